The third-order valence-corrected chi connectivity index (χ3v) is 3.85. The van der Waals surface area contributed by atoms with Gasteiger partial charge in [0.05, 0.1) is 6.61 Å². The maximum absolute atomic E-state index is 11.9. The van der Waals surface area contributed by atoms with Crippen LogP contribution >= 0.6 is 0 Å². The molecule has 18 heavy (non-hydrogen) atoms. The second kappa shape index (κ2) is 7.07. The summed E-state index contributed by atoms with van der Waals surface area (Å²) < 4.78 is 5.40. The van der Waals surface area contributed by atoms with Crippen molar-refractivity contribution in [3.05, 3.63) is 0 Å². The number of carbonyl (C=O) groups excluding carboxylic acids is 1. The van der Waals surface area contributed by atoms with Gasteiger partial charge in [0.2, 0.25) is 5.91 Å². The van der Waals surface area contributed by atoms with E-state index >= 15 is 0 Å². The fraction of sp³-hybridized carbons (Fsp3) is 0.923. The van der Waals surface area contributed by atoms with Crippen LogP contribution in [0.5, 0.6) is 0 Å². The summed E-state index contributed by atoms with van der Waals surface area (Å²) in [5.41, 5.74) is 0. The summed E-state index contributed by atoms with van der Waals surface area (Å²) in [6, 6.07) is 0. The molecule has 0 spiro atoms. The van der Waals surface area contributed by atoms with Crippen molar-refractivity contribution < 1.29 is 9.53 Å². The Morgan fingerprint density at radius 1 is 1.33 bits per heavy atom. The van der Waals surface area contributed by atoms with Crippen molar-refractivity contribution >= 4 is 5.91 Å². The predicted molar refractivity (Wildman–Crippen MR) is 70.5 cm³/mol. The Kier molecular flexibility index (Phi) is 5.41. The van der Waals surface area contributed by atoms with Crippen LogP contribution < -0.4 is 5.32 Å². The van der Waals surface area contributed by atoms with E-state index in [0.29, 0.717) is 12.3 Å². The molecule has 2 heterocycles. The zero-order chi connectivity index (χ0) is 12.8. The number of nitrogens with one attached hydrogen (secondary N) is 1. The van der Waals surface area contributed by atoms with Crippen molar-refractivity contribution in [3.8, 4) is 0 Å². The highest BCUT2D eigenvalue weighted by Gasteiger charge is 2.24. The fourth-order valence-electron chi connectivity index (χ4n) is 2.66. The number of ether oxygens (including phenoxy) is 1. The maximum atomic E-state index is 11.9. The van der Waals surface area contributed by atoms with Gasteiger partial charge in [-0.1, -0.05) is 0 Å². The third-order valence-electron chi connectivity index (χ3n) is 3.85. The minimum atomic E-state index is 0.285. The molecule has 1 amide bonds. The van der Waals surface area contributed by atoms with Gasteiger partial charge in [0, 0.05) is 52.3 Å². The van der Waals surface area contributed by atoms with Crippen LogP contribution in [0, 0.1) is 5.92 Å². The van der Waals surface area contributed by atoms with Crippen LogP contribution in [0.3, 0.4) is 0 Å². The molecule has 2 fully saturated rings. The fourth-order valence-corrected chi connectivity index (χ4v) is 2.66. The van der Waals surface area contributed by atoms with Crippen molar-refractivity contribution in [1.29, 1.82) is 0 Å². The standard InChI is InChI=1S/C13H25N3O2/c1-14-4-2-13(17)16-7-5-15(6-8-16)10-12-3-9-18-11-12/h12,14H,2-11H2,1H3. The molecule has 2 saturated heterocycles. The lowest BCUT2D eigenvalue weighted by Gasteiger charge is -2.35. The lowest BCUT2D eigenvalue weighted by Crippen LogP contribution is -2.50. The summed E-state index contributed by atoms with van der Waals surface area (Å²) in [4.78, 5) is 16.3. The highest BCUT2D eigenvalue weighted by molar-refractivity contribution is 5.76. The summed E-state index contributed by atoms with van der Waals surface area (Å²) in [5, 5.41) is 3.02. The van der Waals surface area contributed by atoms with Gasteiger partial charge >= 0.3 is 0 Å². The molecule has 0 aromatic rings. The van der Waals surface area contributed by atoms with Crippen LogP contribution in [0.15, 0.2) is 0 Å². The number of carbonyl (C=O) groups is 1. The topological polar surface area (TPSA) is 44.8 Å². The Balaban J connectivity index is 1.65. The van der Waals surface area contributed by atoms with Gasteiger partial charge in [0.1, 0.15) is 0 Å². The SMILES string of the molecule is CNCCC(=O)N1CCN(CC2CCOC2)CC1. The molecular formula is C13H25N3O2. The predicted octanol–water partition coefficient (Wildman–Crippen LogP) is -0.223. The number of hydrogen-bond acceptors (Lipinski definition) is 4. The zero-order valence-electron chi connectivity index (χ0n) is 11.4. The molecule has 0 bridgehead atoms. The van der Waals surface area contributed by atoms with Crippen LogP contribution in [0.1, 0.15) is 12.8 Å². The molecule has 2 aliphatic rings. The first-order chi connectivity index (χ1) is 8.79. The van der Waals surface area contributed by atoms with Gasteiger partial charge in [-0.25, -0.2) is 0 Å². The summed E-state index contributed by atoms with van der Waals surface area (Å²) in [5.74, 6) is 0.991. The Morgan fingerprint density at radius 2 is 2.11 bits per heavy atom. The van der Waals surface area contributed by atoms with Gasteiger partial charge in [-0.2, -0.15) is 0 Å². The Hall–Kier alpha value is -0.650. The van der Waals surface area contributed by atoms with Crippen LogP contribution in [0.25, 0.3) is 0 Å². The number of rotatable bonds is 5. The molecule has 1 N–H and O–H groups in total. The highest BCUT2D eigenvalue weighted by atomic mass is 16.5. The number of nitrogens with zero attached hydrogens (tertiary/aromatic N) is 2. The Morgan fingerprint density at radius 3 is 2.72 bits per heavy atom. The lowest BCUT2D eigenvalue weighted by atomic mass is 10.1. The van der Waals surface area contributed by atoms with Crippen molar-refractivity contribution in [1.82, 2.24) is 15.1 Å². The largest absolute Gasteiger partial charge is 0.381 e. The van der Waals surface area contributed by atoms with E-state index < -0.39 is 0 Å². The molecule has 1 atom stereocenters. The molecule has 5 heteroatoms. The molecule has 2 rings (SSSR count). The number of hydrogen-bond donors (Lipinski definition) is 1. The normalized spacial score (nSPS) is 25.6. The first-order valence-electron chi connectivity index (χ1n) is 7.02. The Labute approximate surface area is 109 Å². The minimum Gasteiger partial charge on any atom is -0.381 e. The van der Waals surface area contributed by atoms with E-state index in [1.807, 2.05) is 11.9 Å². The highest BCUT2D eigenvalue weighted by Crippen LogP contribution is 2.15. The van der Waals surface area contributed by atoms with E-state index in [2.05, 4.69) is 10.2 Å². The van der Waals surface area contributed by atoms with E-state index in [9.17, 15) is 4.79 Å². The second-order valence-electron chi connectivity index (χ2n) is 5.26. The van der Waals surface area contributed by atoms with E-state index in [4.69, 9.17) is 4.74 Å². The monoisotopic (exact) mass is 255 g/mol. The first kappa shape index (κ1) is 13.8. The molecule has 5 nitrogen and oxygen atoms in total. The molecule has 2 aliphatic heterocycles. The average molecular weight is 255 g/mol. The van der Waals surface area contributed by atoms with Gasteiger partial charge < -0.3 is 15.0 Å². The lowest BCUT2D eigenvalue weighted by molar-refractivity contribution is -0.132. The zero-order valence-corrected chi connectivity index (χ0v) is 11.4. The van der Waals surface area contributed by atoms with Crippen LogP contribution in [0.2, 0.25) is 0 Å². The second-order valence-corrected chi connectivity index (χ2v) is 5.26. The van der Waals surface area contributed by atoms with Gasteiger partial charge in [0.25, 0.3) is 0 Å². The number of piperazine rings is 1. The first-order valence-corrected chi connectivity index (χ1v) is 7.02. The molecule has 0 saturated carbocycles. The molecule has 0 aromatic heterocycles. The van der Waals surface area contributed by atoms with Crippen LogP contribution in [0.4, 0.5) is 0 Å². The van der Waals surface area contributed by atoms with Crippen molar-refractivity contribution in [2.24, 2.45) is 5.92 Å². The van der Waals surface area contributed by atoms with Crippen molar-refractivity contribution in [2.45, 2.75) is 12.8 Å². The number of amides is 1. The quantitative estimate of drug-likeness (QED) is 0.737. The van der Waals surface area contributed by atoms with Crippen LogP contribution in [-0.4, -0.2) is 75.2 Å². The summed E-state index contributed by atoms with van der Waals surface area (Å²) >= 11 is 0. The summed E-state index contributed by atoms with van der Waals surface area (Å²) in [7, 11) is 1.88. The van der Waals surface area contributed by atoms with Gasteiger partial charge in [-0.3, -0.25) is 9.69 Å². The molecule has 0 radical (unpaired) electrons. The molecule has 1 unspecified atom stereocenters. The van der Waals surface area contributed by atoms with E-state index in [-0.39, 0.29) is 5.91 Å². The smallest absolute Gasteiger partial charge is 0.223 e. The minimum absolute atomic E-state index is 0.285. The van der Waals surface area contributed by atoms with E-state index in [1.165, 1.54) is 6.42 Å². The maximum Gasteiger partial charge on any atom is 0.223 e. The molecule has 0 aliphatic carbocycles. The van der Waals surface area contributed by atoms with E-state index in [1.54, 1.807) is 0 Å². The van der Waals surface area contributed by atoms with Crippen LogP contribution in [-0.2, 0) is 9.53 Å². The van der Waals surface area contributed by atoms with Gasteiger partial charge in [0.15, 0.2) is 0 Å². The van der Waals surface area contributed by atoms with Crippen molar-refractivity contribution in [2.75, 3.05) is 59.5 Å². The summed E-state index contributed by atoms with van der Waals surface area (Å²) in [6.07, 6.45) is 1.81. The molecule has 104 valence electrons. The van der Waals surface area contributed by atoms with Gasteiger partial charge in [-0.05, 0) is 19.4 Å². The van der Waals surface area contributed by atoms with Crippen molar-refractivity contribution in [3.63, 3.8) is 0 Å². The Bertz CT molecular complexity index is 259. The molecular weight excluding hydrogens is 230 g/mol. The van der Waals surface area contributed by atoms with Gasteiger partial charge in [-0.15, -0.1) is 0 Å². The third kappa shape index (κ3) is 3.93. The molecule has 0 aromatic carbocycles. The average Bonchev–Trinajstić information content (AvgIpc) is 2.89. The summed E-state index contributed by atoms with van der Waals surface area (Å²) in [6.45, 7) is 7.56. The van der Waals surface area contributed by atoms with E-state index in [0.717, 1.165) is 52.5 Å².